The number of hydrogen-bond acceptors (Lipinski definition) is 7. The average molecular weight is 449 g/mol. The van der Waals surface area contributed by atoms with Gasteiger partial charge in [-0.25, -0.2) is 4.79 Å². The zero-order chi connectivity index (χ0) is 22.4. The minimum Gasteiger partial charge on any atom is -0.495 e. The van der Waals surface area contributed by atoms with Crippen LogP contribution in [0.4, 0.5) is 16.2 Å². The van der Waals surface area contributed by atoms with Crippen molar-refractivity contribution in [3.05, 3.63) is 41.4 Å². The van der Waals surface area contributed by atoms with Crippen LogP contribution in [0.25, 0.3) is 0 Å². The first kappa shape index (κ1) is 22.2. The van der Waals surface area contributed by atoms with Gasteiger partial charge >= 0.3 is 6.03 Å². The lowest BCUT2D eigenvalue weighted by Gasteiger charge is -2.17. The Morgan fingerprint density at radius 2 is 1.77 bits per heavy atom. The van der Waals surface area contributed by atoms with Crippen LogP contribution in [0.5, 0.6) is 17.2 Å². The van der Waals surface area contributed by atoms with Crippen LogP contribution in [0.15, 0.2) is 36.4 Å². The fourth-order valence-corrected chi connectivity index (χ4v) is 2.99. The number of halogens is 1. The molecule has 0 aromatic heterocycles. The standard InChI is InChI=1S/C20H21ClN4O6/c1-25(9-18(26)23-14-7-12(21)3-5-15(14)29-2)10-19(27)24-20(28)22-13-4-6-16-17(8-13)31-11-30-16/h3-8H,9-11H2,1-2H3,(H,23,26)(H2,22,24,27,28). The van der Waals surface area contributed by atoms with E-state index in [1.54, 1.807) is 43.4 Å². The van der Waals surface area contributed by atoms with Crippen LogP contribution in [0, 0.1) is 0 Å². The Morgan fingerprint density at radius 3 is 2.55 bits per heavy atom. The molecule has 0 aliphatic carbocycles. The molecule has 0 bridgehead atoms. The van der Waals surface area contributed by atoms with Crippen molar-refractivity contribution in [2.24, 2.45) is 0 Å². The molecule has 10 nitrogen and oxygen atoms in total. The van der Waals surface area contributed by atoms with Crippen molar-refractivity contribution in [2.75, 3.05) is 44.7 Å². The third-order valence-corrected chi connectivity index (χ3v) is 4.38. The number of likely N-dealkylation sites (N-methyl/N-ethyl adjacent to an activating group) is 1. The molecule has 2 aromatic carbocycles. The summed E-state index contributed by atoms with van der Waals surface area (Å²) < 4.78 is 15.6. The first-order valence-electron chi connectivity index (χ1n) is 9.16. The molecule has 11 heteroatoms. The Balaban J connectivity index is 1.45. The molecule has 0 saturated carbocycles. The number of nitrogens with one attached hydrogen (secondary N) is 3. The smallest absolute Gasteiger partial charge is 0.325 e. The predicted octanol–water partition coefficient (Wildman–Crippen LogP) is 2.30. The number of rotatable bonds is 7. The second kappa shape index (κ2) is 10.0. The molecule has 0 unspecified atom stereocenters. The summed E-state index contributed by atoms with van der Waals surface area (Å²) in [7, 11) is 3.05. The van der Waals surface area contributed by atoms with Crippen LogP contribution in [0.3, 0.4) is 0 Å². The third kappa shape index (κ3) is 6.24. The number of anilines is 2. The predicted molar refractivity (Wildman–Crippen MR) is 114 cm³/mol. The first-order chi connectivity index (χ1) is 14.8. The molecule has 0 saturated heterocycles. The van der Waals surface area contributed by atoms with Crippen molar-refractivity contribution in [1.29, 1.82) is 0 Å². The number of carbonyl (C=O) groups is 3. The molecular formula is C20H21ClN4O6. The normalized spacial score (nSPS) is 11.7. The zero-order valence-corrected chi connectivity index (χ0v) is 17.6. The second-order valence-corrected chi connectivity index (χ2v) is 7.07. The van der Waals surface area contributed by atoms with Gasteiger partial charge in [-0.15, -0.1) is 0 Å². The molecule has 164 valence electrons. The van der Waals surface area contributed by atoms with Crippen LogP contribution in [-0.4, -0.2) is 56.8 Å². The highest BCUT2D eigenvalue weighted by Gasteiger charge is 2.17. The highest BCUT2D eigenvalue weighted by Crippen LogP contribution is 2.34. The van der Waals surface area contributed by atoms with Crippen LogP contribution >= 0.6 is 11.6 Å². The number of amides is 4. The van der Waals surface area contributed by atoms with E-state index in [2.05, 4.69) is 16.0 Å². The largest absolute Gasteiger partial charge is 0.495 e. The van der Waals surface area contributed by atoms with Gasteiger partial charge in [0.15, 0.2) is 11.5 Å². The van der Waals surface area contributed by atoms with Crippen molar-refractivity contribution >= 4 is 40.8 Å². The van der Waals surface area contributed by atoms with Crippen molar-refractivity contribution in [1.82, 2.24) is 10.2 Å². The molecule has 31 heavy (non-hydrogen) atoms. The van der Waals surface area contributed by atoms with E-state index in [0.29, 0.717) is 33.6 Å². The number of ether oxygens (including phenoxy) is 3. The second-order valence-electron chi connectivity index (χ2n) is 6.64. The molecule has 3 rings (SSSR count). The fourth-order valence-electron chi connectivity index (χ4n) is 2.82. The summed E-state index contributed by atoms with van der Waals surface area (Å²) >= 11 is 5.94. The SMILES string of the molecule is COc1ccc(Cl)cc1NC(=O)CN(C)CC(=O)NC(=O)Nc1ccc2c(c1)OCO2. The lowest BCUT2D eigenvalue weighted by atomic mass is 10.3. The minimum absolute atomic E-state index is 0.0904. The Morgan fingerprint density at radius 1 is 1.03 bits per heavy atom. The zero-order valence-electron chi connectivity index (χ0n) is 16.9. The van der Waals surface area contributed by atoms with E-state index in [1.165, 1.54) is 12.0 Å². The number of methoxy groups -OCH3 is 1. The molecule has 3 N–H and O–H groups in total. The molecule has 0 atom stereocenters. The summed E-state index contributed by atoms with van der Waals surface area (Å²) in [5.41, 5.74) is 0.860. The van der Waals surface area contributed by atoms with Crippen molar-refractivity contribution < 1.29 is 28.6 Å². The number of hydrogen-bond donors (Lipinski definition) is 3. The fraction of sp³-hybridized carbons (Fsp3) is 0.250. The molecule has 4 amide bonds. The van der Waals surface area contributed by atoms with Crippen LogP contribution in [0.1, 0.15) is 0 Å². The van der Waals surface area contributed by atoms with Gasteiger partial charge in [0.2, 0.25) is 18.6 Å². The lowest BCUT2D eigenvalue weighted by Crippen LogP contribution is -2.42. The van der Waals surface area contributed by atoms with Gasteiger partial charge in [-0.05, 0) is 37.4 Å². The monoisotopic (exact) mass is 448 g/mol. The number of carbonyl (C=O) groups excluding carboxylic acids is 3. The van der Waals surface area contributed by atoms with E-state index < -0.39 is 11.9 Å². The van der Waals surface area contributed by atoms with Gasteiger partial charge in [0.05, 0.1) is 25.9 Å². The topological polar surface area (TPSA) is 118 Å². The summed E-state index contributed by atoms with van der Waals surface area (Å²) in [6.45, 7) is -0.144. The Kier molecular flexibility index (Phi) is 7.16. The molecule has 1 aliphatic heterocycles. The van der Waals surface area contributed by atoms with Gasteiger partial charge in [-0.1, -0.05) is 11.6 Å². The van der Waals surface area contributed by atoms with Crippen LogP contribution in [0.2, 0.25) is 5.02 Å². The quantitative estimate of drug-likeness (QED) is 0.594. The van der Waals surface area contributed by atoms with Crippen LogP contribution < -0.4 is 30.2 Å². The summed E-state index contributed by atoms with van der Waals surface area (Å²) in [5.74, 6) is 0.594. The average Bonchev–Trinajstić information content (AvgIpc) is 3.15. The third-order valence-electron chi connectivity index (χ3n) is 4.15. The summed E-state index contributed by atoms with van der Waals surface area (Å²) in [6, 6.07) is 9.00. The van der Waals surface area contributed by atoms with Crippen molar-refractivity contribution in [3.8, 4) is 17.2 Å². The number of benzene rings is 2. The maximum absolute atomic E-state index is 12.3. The number of nitrogens with zero attached hydrogens (tertiary/aromatic N) is 1. The highest BCUT2D eigenvalue weighted by molar-refractivity contribution is 6.31. The van der Waals surface area contributed by atoms with E-state index in [-0.39, 0.29) is 25.8 Å². The van der Waals surface area contributed by atoms with Gasteiger partial charge in [0, 0.05) is 16.8 Å². The van der Waals surface area contributed by atoms with Crippen LogP contribution in [-0.2, 0) is 9.59 Å². The van der Waals surface area contributed by atoms with Gasteiger partial charge in [0.1, 0.15) is 5.75 Å². The molecule has 1 heterocycles. The Bertz CT molecular complexity index is 1000. The maximum atomic E-state index is 12.3. The van der Waals surface area contributed by atoms with Gasteiger partial charge in [-0.2, -0.15) is 0 Å². The van der Waals surface area contributed by atoms with Crippen molar-refractivity contribution in [3.63, 3.8) is 0 Å². The molecule has 2 aromatic rings. The minimum atomic E-state index is -0.703. The van der Waals surface area contributed by atoms with E-state index in [1.807, 2.05) is 0 Å². The van der Waals surface area contributed by atoms with E-state index in [4.69, 9.17) is 25.8 Å². The van der Waals surface area contributed by atoms with Crippen molar-refractivity contribution in [2.45, 2.75) is 0 Å². The van der Waals surface area contributed by atoms with E-state index in [9.17, 15) is 14.4 Å². The van der Waals surface area contributed by atoms with E-state index in [0.717, 1.165) is 0 Å². The Labute approximate surface area is 183 Å². The lowest BCUT2D eigenvalue weighted by molar-refractivity contribution is -0.122. The molecule has 0 spiro atoms. The highest BCUT2D eigenvalue weighted by atomic mass is 35.5. The first-order valence-corrected chi connectivity index (χ1v) is 9.54. The van der Waals surface area contributed by atoms with Gasteiger partial charge in [-0.3, -0.25) is 19.8 Å². The summed E-state index contributed by atoms with van der Waals surface area (Å²) in [5, 5.41) is 7.86. The Hall–Kier alpha value is -3.50. The van der Waals surface area contributed by atoms with E-state index >= 15 is 0 Å². The number of fused-ring (bicyclic) bond motifs is 1. The van der Waals surface area contributed by atoms with Gasteiger partial charge in [0.25, 0.3) is 0 Å². The summed E-state index contributed by atoms with van der Waals surface area (Å²) in [6.07, 6.45) is 0. The summed E-state index contributed by atoms with van der Waals surface area (Å²) in [4.78, 5) is 37.8. The van der Waals surface area contributed by atoms with Gasteiger partial charge < -0.3 is 24.8 Å². The molecule has 1 aliphatic rings. The maximum Gasteiger partial charge on any atom is 0.325 e. The number of urea groups is 1. The molecule has 0 fully saturated rings. The molecular weight excluding hydrogens is 428 g/mol. The molecule has 0 radical (unpaired) electrons. The number of imide groups is 1.